The number of aliphatic hydroxyl groups excluding tert-OH is 3. The average molecular weight is 266 g/mol. The minimum atomic E-state index is -1.17. The van der Waals surface area contributed by atoms with E-state index in [1.54, 1.807) is 6.07 Å². The third-order valence-corrected chi connectivity index (χ3v) is 3.28. The van der Waals surface area contributed by atoms with Gasteiger partial charge >= 0.3 is 0 Å². The zero-order valence-corrected chi connectivity index (χ0v) is 9.92. The molecular formula is C11H14N4O4. The van der Waals surface area contributed by atoms with E-state index in [4.69, 9.17) is 15.6 Å². The highest BCUT2D eigenvalue weighted by molar-refractivity contribution is 5.83. The lowest BCUT2D eigenvalue weighted by Gasteiger charge is -2.16. The van der Waals surface area contributed by atoms with Crippen molar-refractivity contribution in [3.63, 3.8) is 0 Å². The second-order valence-corrected chi connectivity index (χ2v) is 4.45. The Bertz CT molecular complexity index is 601. The van der Waals surface area contributed by atoms with Gasteiger partial charge in [0.2, 0.25) is 0 Å². The maximum atomic E-state index is 9.97. The van der Waals surface area contributed by atoms with E-state index < -0.39 is 24.5 Å². The number of nitrogen functional groups attached to an aromatic ring is 1. The molecule has 0 radical (unpaired) electrons. The Kier molecular flexibility index (Phi) is 2.86. The molecule has 0 bridgehead atoms. The van der Waals surface area contributed by atoms with Gasteiger partial charge in [0.15, 0.2) is 11.9 Å². The predicted molar refractivity (Wildman–Crippen MR) is 64.9 cm³/mol. The van der Waals surface area contributed by atoms with E-state index >= 15 is 0 Å². The third-order valence-electron chi connectivity index (χ3n) is 3.28. The lowest BCUT2D eigenvalue weighted by Crippen LogP contribution is -2.33. The summed E-state index contributed by atoms with van der Waals surface area (Å²) in [5.41, 5.74) is 7.20. The second-order valence-electron chi connectivity index (χ2n) is 4.45. The quantitative estimate of drug-likeness (QED) is 0.528. The molecule has 2 aromatic rings. The number of imidazole rings is 1. The molecule has 8 nitrogen and oxygen atoms in total. The Morgan fingerprint density at radius 1 is 1.32 bits per heavy atom. The van der Waals surface area contributed by atoms with Crippen molar-refractivity contribution in [2.45, 2.75) is 24.5 Å². The number of hydrogen-bond acceptors (Lipinski definition) is 7. The molecule has 0 aliphatic carbocycles. The molecule has 8 heteroatoms. The molecule has 1 aliphatic rings. The Hall–Kier alpha value is -1.74. The summed E-state index contributed by atoms with van der Waals surface area (Å²) in [7, 11) is 0. The van der Waals surface area contributed by atoms with Crippen LogP contribution in [0, 0.1) is 0 Å². The molecule has 19 heavy (non-hydrogen) atoms. The normalized spacial score (nSPS) is 31.1. The smallest absolute Gasteiger partial charge is 0.165 e. The lowest BCUT2D eigenvalue weighted by molar-refractivity contribution is -0.0511. The Morgan fingerprint density at radius 2 is 2.11 bits per heavy atom. The van der Waals surface area contributed by atoms with E-state index in [-0.39, 0.29) is 6.61 Å². The van der Waals surface area contributed by atoms with Crippen LogP contribution in [0.3, 0.4) is 0 Å². The van der Waals surface area contributed by atoms with E-state index in [9.17, 15) is 10.2 Å². The number of ether oxygens (including phenoxy) is 1. The van der Waals surface area contributed by atoms with E-state index in [1.165, 1.54) is 17.1 Å². The molecule has 0 spiro atoms. The molecule has 1 fully saturated rings. The zero-order chi connectivity index (χ0) is 13.6. The molecular weight excluding hydrogens is 252 g/mol. The summed E-state index contributed by atoms with van der Waals surface area (Å²) in [4.78, 5) is 8.26. The van der Waals surface area contributed by atoms with E-state index in [0.717, 1.165) is 0 Å². The van der Waals surface area contributed by atoms with Gasteiger partial charge in [-0.15, -0.1) is 0 Å². The predicted octanol–water partition coefficient (Wildman–Crippen LogP) is -1.38. The van der Waals surface area contributed by atoms with Gasteiger partial charge < -0.3 is 25.8 Å². The van der Waals surface area contributed by atoms with Crippen molar-refractivity contribution in [3.05, 3.63) is 18.6 Å². The van der Waals surface area contributed by atoms with Crippen LogP contribution in [0.1, 0.15) is 6.23 Å². The first kappa shape index (κ1) is 12.3. The van der Waals surface area contributed by atoms with E-state index in [1.807, 2.05) is 0 Å². The number of hydrogen-bond donors (Lipinski definition) is 4. The summed E-state index contributed by atoms with van der Waals surface area (Å²) in [6.45, 7) is -0.378. The van der Waals surface area contributed by atoms with Crippen molar-refractivity contribution in [2.24, 2.45) is 0 Å². The summed E-state index contributed by atoms with van der Waals surface area (Å²) >= 11 is 0. The molecule has 0 saturated carbocycles. The van der Waals surface area contributed by atoms with E-state index in [0.29, 0.717) is 16.9 Å². The monoisotopic (exact) mass is 266 g/mol. The van der Waals surface area contributed by atoms with Crippen LogP contribution in [0.4, 0.5) is 5.69 Å². The number of fused-ring (bicyclic) bond motifs is 1. The highest BCUT2D eigenvalue weighted by atomic mass is 16.6. The van der Waals surface area contributed by atoms with Gasteiger partial charge in [-0.3, -0.25) is 4.57 Å². The standard InChI is InChI=1S/C11H14N4O4/c12-5-1-2-13-10-7(5)14-4-15(10)11-9(18)8(17)6(3-16)19-11/h1-2,4,6,8-9,11,16-18H,3H2,(H2,12,13)/t6-,8-,9-,11+/m1/s1. The highest BCUT2D eigenvalue weighted by Gasteiger charge is 2.43. The zero-order valence-electron chi connectivity index (χ0n) is 9.92. The number of rotatable bonds is 2. The molecule has 4 atom stereocenters. The van der Waals surface area contributed by atoms with Gasteiger partial charge in [0, 0.05) is 6.20 Å². The summed E-state index contributed by atoms with van der Waals surface area (Å²) < 4.78 is 6.91. The van der Waals surface area contributed by atoms with Crippen LogP contribution in [0.5, 0.6) is 0 Å². The number of aliphatic hydroxyl groups is 3. The molecule has 1 saturated heterocycles. The van der Waals surface area contributed by atoms with Crippen LogP contribution in [0.15, 0.2) is 18.6 Å². The molecule has 2 aromatic heterocycles. The van der Waals surface area contributed by atoms with Gasteiger partial charge in [-0.1, -0.05) is 0 Å². The summed E-state index contributed by atoms with van der Waals surface area (Å²) in [6, 6.07) is 1.62. The Balaban J connectivity index is 2.04. The van der Waals surface area contributed by atoms with Crippen molar-refractivity contribution in [1.29, 1.82) is 0 Å². The van der Waals surface area contributed by atoms with Crippen LogP contribution in [0.2, 0.25) is 0 Å². The van der Waals surface area contributed by atoms with Gasteiger partial charge in [0.05, 0.1) is 18.6 Å². The van der Waals surface area contributed by atoms with Crippen molar-refractivity contribution < 1.29 is 20.1 Å². The maximum Gasteiger partial charge on any atom is 0.165 e. The van der Waals surface area contributed by atoms with Gasteiger partial charge in [0.25, 0.3) is 0 Å². The van der Waals surface area contributed by atoms with Gasteiger partial charge in [-0.05, 0) is 6.07 Å². The number of nitrogens with zero attached hydrogens (tertiary/aromatic N) is 3. The molecule has 0 aromatic carbocycles. The molecule has 5 N–H and O–H groups in total. The van der Waals surface area contributed by atoms with Gasteiger partial charge in [-0.2, -0.15) is 0 Å². The van der Waals surface area contributed by atoms with Crippen LogP contribution in [-0.4, -0.2) is 54.8 Å². The molecule has 0 unspecified atom stereocenters. The average Bonchev–Trinajstić information content (AvgIpc) is 2.94. The van der Waals surface area contributed by atoms with Crippen molar-refractivity contribution >= 4 is 16.9 Å². The summed E-state index contributed by atoms with van der Waals surface area (Å²) in [5.74, 6) is 0. The largest absolute Gasteiger partial charge is 0.397 e. The molecule has 1 aliphatic heterocycles. The first-order valence-electron chi connectivity index (χ1n) is 5.83. The molecule has 3 heterocycles. The Morgan fingerprint density at radius 3 is 2.79 bits per heavy atom. The minimum absolute atomic E-state index is 0.378. The lowest BCUT2D eigenvalue weighted by atomic mass is 10.1. The topological polar surface area (TPSA) is 127 Å². The molecule has 0 amide bonds. The number of pyridine rings is 1. The van der Waals surface area contributed by atoms with Crippen molar-refractivity contribution in [3.8, 4) is 0 Å². The highest BCUT2D eigenvalue weighted by Crippen LogP contribution is 2.31. The second kappa shape index (κ2) is 4.42. The SMILES string of the molecule is Nc1ccnc2c1ncn2[C@H]1O[C@H](CO)[C@@H](O)[C@H]1O. The Labute approximate surface area is 108 Å². The van der Waals surface area contributed by atoms with Crippen LogP contribution in [-0.2, 0) is 4.74 Å². The fraction of sp³-hybridized carbons (Fsp3) is 0.455. The number of anilines is 1. The first-order valence-corrected chi connectivity index (χ1v) is 5.83. The fourth-order valence-electron chi connectivity index (χ4n) is 2.25. The van der Waals surface area contributed by atoms with Gasteiger partial charge in [-0.25, -0.2) is 9.97 Å². The first-order chi connectivity index (χ1) is 9.13. The summed E-state index contributed by atoms with van der Waals surface area (Å²) in [6.07, 6.45) is -1.05. The fourth-order valence-corrected chi connectivity index (χ4v) is 2.25. The number of aromatic nitrogens is 3. The van der Waals surface area contributed by atoms with Crippen LogP contribution in [0.25, 0.3) is 11.2 Å². The maximum absolute atomic E-state index is 9.97. The molecule has 3 rings (SSSR count). The minimum Gasteiger partial charge on any atom is -0.397 e. The number of nitrogens with two attached hydrogens (primary N) is 1. The van der Waals surface area contributed by atoms with Crippen LogP contribution >= 0.6 is 0 Å². The van der Waals surface area contributed by atoms with Crippen molar-refractivity contribution in [1.82, 2.24) is 14.5 Å². The van der Waals surface area contributed by atoms with E-state index in [2.05, 4.69) is 9.97 Å². The van der Waals surface area contributed by atoms with Crippen LogP contribution < -0.4 is 5.73 Å². The third kappa shape index (κ3) is 1.77. The molecule has 102 valence electrons. The summed E-state index contributed by atoms with van der Waals surface area (Å²) in [5, 5.41) is 28.8. The van der Waals surface area contributed by atoms with Crippen molar-refractivity contribution in [2.75, 3.05) is 12.3 Å². The van der Waals surface area contributed by atoms with Gasteiger partial charge in [0.1, 0.15) is 23.8 Å².